The number of thioether (sulfide) groups is 1. The van der Waals surface area contributed by atoms with Gasteiger partial charge in [0, 0.05) is 0 Å². The summed E-state index contributed by atoms with van der Waals surface area (Å²) in [7, 11) is 0. The number of allylic oxidation sites excluding steroid dienone is 1. The number of nitrogens with zero attached hydrogens (tertiary/aromatic N) is 5. The molecule has 0 amide bonds. The zero-order chi connectivity index (χ0) is 19.1. The molecule has 5 aromatic rings. The summed E-state index contributed by atoms with van der Waals surface area (Å²) in [4.78, 5) is 8.27. The molecular weight excluding hydrogens is 392 g/mol. The third kappa shape index (κ3) is 2.70. The van der Waals surface area contributed by atoms with Crippen LogP contribution in [0.15, 0.2) is 59.4 Å². The third-order valence-electron chi connectivity index (χ3n) is 4.28. The van der Waals surface area contributed by atoms with Crippen LogP contribution in [0.2, 0.25) is 0 Å². The number of aromatic nitrogens is 5. The van der Waals surface area contributed by atoms with E-state index >= 15 is 0 Å². The van der Waals surface area contributed by atoms with Gasteiger partial charge < -0.3 is 10.1 Å². The summed E-state index contributed by atoms with van der Waals surface area (Å²) in [6, 6.07) is 17.5. The molecule has 0 fully saturated rings. The number of aliphatic hydroxyl groups excluding tert-OH is 1. The van der Waals surface area contributed by atoms with Gasteiger partial charge in [-0.25, -0.2) is 4.98 Å². The number of hydrogen-bond donors (Lipinski definition) is 2. The second-order valence-electron chi connectivity index (χ2n) is 6.00. The van der Waals surface area contributed by atoms with Crippen LogP contribution < -0.4 is 0 Å². The topological polar surface area (TPSA) is 103 Å². The van der Waals surface area contributed by atoms with Gasteiger partial charge in [-0.3, -0.25) is 4.40 Å². The second kappa shape index (κ2) is 6.67. The molecule has 0 saturated carbocycles. The highest BCUT2D eigenvalue weighted by molar-refractivity contribution is 7.99. The second-order valence-corrected chi connectivity index (χ2v) is 7.95. The van der Waals surface area contributed by atoms with Crippen LogP contribution in [0.25, 0.3) is 31.8 Å². The number of thiazole rings is 1. The lowest BCUT2D eigenvalue weighted by atomic mass is 10.2. The minimum atomic E-state index is -0.0529. The zero-order valence-corrected chi connectivity index (χ0v) is 16.0. The van der Waals surface area contributed by atoms with E-state index in [4.69, 9.17) is 0 Å². The van der Waals surface area contributed by atoms with Crippen molar-refractivity contribution in [3.8, 4) is 6.07 Å². The highest BCUT2D eigenvalue weighted by Crippen LogP contribution is 2.30. The Balaban J connectivity index is 1.48. The quantitative estimate of drug-likeness (QED) is 0.261. The van der Waals surface area contributed by atoms with Gasteiger partial charge in [-0.05, 0) is 24.3 Å². The van der Waals surface area contributed by atoms with E-state index in [1.807, 2.05) is 52.9 Å². The van der Waals surface area contributed by atoms with Crippen molar-refractivity contribution in [3.63, 3.8) is 0 Å². The third-order valence-corrected chi connectivity index (χ3v) is 6.23. The number of rotatable bonds is 4. The van der Waals surface area contributed by atoms with Gasteiger partial charge in [-0.15, -0.1) is 10.2 Å². The number of benzene rings is 2. The van der Waals surface area contributed by atoms with Crippen LogP contribution in [-0.4, -0.2) is 35.4 Å². The highest BCUT2D eigenvalue weighted by Gasteiger charge is 2.16. The number of hydrogen-bond acceptors (Lipinski definition) is 7. The lowest BCUT2D eigenvalue weighted by Gasteiger charge is -2.02. The molecule has 28 heavy (non-hydrogen) atoms. The molecule has 0 saturated heterocycles. The largest absolute Gasteiger partial charge is 0.510 e. The van der Waals surface area contributed by atoms with E-state index in [-0.39, 0.29) is 17.1 Å². The number of aliphatic hydroxyl groups is 1. The summed E-state index contributed by atoms with van der Waals surface area (Å²) < 4.78 is 3.08. The first kappa shape index (κ1) is 16.8. The Hall–Kier alpha value is -3.35. The maximum absolute atomic E-state index is 10.5. The zero-order valence-electron chi connectivity index (χ0n) is 14.3. The van der Waals surface area contributed by atoms with Crippen molar-refractivity contribution in [1.29, 1.82) is 5.26 Å². The van der Waals surface area contributed by atoms with Crippen LogP contribution in [0.1, 0.15) is 5.82 Å². The van der Waals surface area contributed by atoms with E-state index < -0.39 is 0 Å². The minimum absolute atomic E-state index is 0.0529. The fraction of sp³-hybridized carbons (Fsp3) is 0.0526. The molecule has 0 aliphatic carbocycles. The van der Waals surface area contributed by atoms with E-state index in [1.165, 1.54) is 11.8 Å². The van der Waals surface area contributed by atoms with Gasteiger partial charge in [0.05, 0.1) is 27.0 Å². The Morgan fingerprint density at radius 1 is 1.18 bits per heavy atom. The van der Waals surface area contributed by atoms with Crippen LogP contribution in [0, 0.1) is 11.3 Å². The minimum Gasteiger partial charge on any atom is -0.510 e. The van der Waals surface area contributed by atoms with Crippen molar-refractivity contribution in [2.45, 2.75) is 5.16 Å². The summed E-state index contributed by atoms with van der Waals surface area (Å²) in [6.45, 7) is 0. The Bertz CT molecular complexity index is 1370. The van der Waals surface area contributed by atoms with Crippen LogP contribution in [-0.2, 0) is 0 Å². The predicted octanol–water partition coefficient (Wildman–Crippen LogP) is 4.41. The summed E-state index contributed by atoms with van der Waals surface area (Å²) >= 11 is 2.89. The molecule has 0 unspecified atom stereocenters. The lowest BCUT2D eigenvalue weighted by Crippen LogP contribution is -1.96. The average Bonchev–Trinajstić information content (AvgIpc) is 3.40. The molecule has 0 atom stereocenters. The number of para-hydroxylation sites is 3. The van der Waals surface area contributed by atoms with Crippen molar-refractivity contribution < 1.29 is 5.11 Å². The van der Waals surface area contributed by atoms with Gasteiger partial charge in [0.15, 0.2) is 11.0 Å². The SMILES string of the molecule is N#C/C(=C(/O)CSc1nnc2sc3ccccc3n12)c1nc2ccccc2[nH]1. The van der Waals surface area contributed by atoms with Crippen LogP contribution in [0.5, 0.6) is 0 Å². The highest BCUT2D eigenvalue weighted by atomic mass is 32.2. The summed E-state index contributed by atoms with van der Waals surface area (Å²) in [6.07, 6.45) is 0. The number of imidazole rings is 1. The number of nitrogens with one attached hydrogen (secondary N) is 1. The lowest BCUT2D eigenvalue weighted by molar-refractivity contribution is 0.420. The van der Waals surface area contributed by atoms with E-state index in [1.54, 1.807) is 11.3 Å². The van der Waals surface area contributed by atoms with Crippen LogP contribution >= 0.6 is 23.1 Å². The Labute approximate surface area is 167 Å². The Morgan fingerprint density at radius 3 is 2.86 bits per heavy atom. The number of H-pyrrole nitrogens is 1. The predicted molar refractivity (Wildman–Crippen MR) is 110 cm³/mol. The van der Waals surface area contributed by atoms with E-state index in [0.29, 0.717) is 11.0 Å². The molecule has 3 heterocycles. The van der Waals surface area contributed by atoms with Crippen molar-refractivity contribution in [2.24, 2.45) is 0 Å². The first-order chi connectivity index (χ1) is 13.7. The molecule has 0 radical (unpaired) electrons. The van der Waals surface area contributed by atoms with Gasteiger partial charge in [0.1, 0.15) is 17.4 Å². The molecule has 3 aromatic heterocycles. The summed E-state index contributed by atoms with van der Waals surface area (Å²) in [5.41, 5.74) is 2.71. The molecule has 2 N–H and O–H groups in total. The van der Waals surface area contributed by atoms with E-state index in [0.717, 1.165) is 26.2 Å². The first-order valence-corrected chi connectivity index (χ1v) is 10.2. The van der Waals surface area contributed by atoms with E-state index in [9.17, 15) is 10.4 Å². The number of fused-ring (bicyclic) bond motifs is 4. The molecule has 5 rings (SSSR count). The molecule has 2 aromatic carbocycles. The van der Waals surface area contributed by atoms with Crippen molar-refractivity contribution in [1.82, 2.24) is 24.6 Å². The maximum Gasteiger partial charge on any atom is 0.217 e. The smallest absolute Gasteiger partial charge is 0.217 e. The standard InChI is InChI=1S/C19H12N6OS2/c20-9-11(17-21-12-5-1-2-6-13(12)22-17)15(26)10-27-18-23-24-19-25(18)14-7-3-4-8-16(14)28-19/h1-8,26H,10H2,(H,21,22)/b15-11-. The molecule has 0 aliphatic heterocycles. The summed E-state index contributed by atoms with van der Waals surface area (Å²) in [5, 5.41) is 29.2. The Kier molecular flexibility index (Phi) is 4.00. The molecule has 136 valence electrons. The molecule has 7 nitrogen and oxygen atoms in total. The molecular formula is C19H12N6OS2. The average molecular weight is 404 g/mol. The van der Waals surface area contributed by atoms with Gasteiger partial charge in [-0.2, -0.15) is 5.26 Å². The molecule has 9 heteroatoms. The number of nitriles is 1. The summed E-state index contributed by atoms with van der Waals surface area (Å²) in [5.74, 6) is 0.488. The molecule has 0 spiro atoms. The van der Waals surface area contributed by atoms with Crippen molar-refractivity contribution >= 4 is 54.9 Å². The maximum atomic E-state index is 10.5. The number of aromatic amines is 1. The first-order valence-electron chi connectivity index (χ1n) is 8.37. The fourth-order valence-electron chi connectivity index (χ4n) is 2.98. The monoisotopic (exact) mass is 404 g/mol. The molecule has 0 bridgehead atoms. The normalized spacial score (nSPS) is 12.5. The van der Waals surface area contributed by atoms with Gasteiger partial charge >= 0.3 is 0 Å². The molecule has 0 aliphatic rings. The van der Waals surface area contributed by atoms with Crippen molar-refractivity contribution in [2.75, 3.05) is 5.75 Å². The van der Waals surface area contributed by atoms with E-state index in [2.05, 4.69) is 26.2 Å². The fourth-order valence-corrected chi connectivity index (χ4v) is 4.82. The van der Waals surface area contributed by atoms with Crippen LogP contribution in [0.3, 0.4) is 0 Å². The van der Waals surface area contributed by atoms with Gasteiger partial charge in [-0.1, -0.05) is 47.4 Å². The van der Waals surface area contributed by atoms with Crippen molar-refractivity contribution in [3.05, 3.63) is 60.1 Å². The van der Waals surface area contributed by atoms with Gasteiger partial charge in [0.25, 0.3) is 0 Å². The van der Waals surface area contributed by atoms with Crippen LogP contribution in [0.4, 0.5) is 0 Å². The Morgan fingerprint density at radius 2 is 2.00 bits per heavy atom. The van der Waals surface area contributed by atoms with Gasteiger partial charge in [0.2, 0.25) is 4.96 Å².